The van der Waals surface area contributed by atoms with Crippen LogP contribution in [0.3, 0.4) is 0 Å². The Labute approximate surface area is 217 Å². The molecule has 1 aliphatic heterocycles. The van der Waals surface area contributed by atoms with Gasteiger partial charge in [0.2, 0.25) is 11.9 Å². The Morgan fingerprint density at radius 3 is 2.81 bits per heavy atom. The van der Waals surface area contributed by atoms with Crippen molar-refractivity contribution in [3.63, 3.8) is 0 Å². The molecule has 1 saturated heterocycles. The number of aromatic nitrogens is 5. The lowest BCUT2D eigenvalue weighted by atomic mass is 10.2. The third-order valence-electron chi connectivity index (χ3n) is 6.63. The van der Waals surface area contributed by atoms with E-state index in [2.05, 4.69) is 25.8 Å². The van der Waals surface area contributed by atoms with Gasteiger partial charge in [0.25, 0.3) is 0 Å². The average Bonchev–Trinajstić information content (AvgIpc) is 3.26. The smallest absolute Gasteiger partial charge is 0.238 e. The van der Waals surface area contributed by atoms with Gasteiger partial charge >= 0.3 is 0 Å². The number of fused-ring (bicyclic) bond motifs is 1. The number of aliphatic hydroxyl groups is 2. The molecule has 2 atom stereocenters. The summed E-state index contributed by atoms with van der Waals surface area (Å²) < 4.78 is 1.88. The van der Waals surface area contributed by atoms with Gasteiger partial charge in [0.1, 0.15) is 5.65 Å². The quantitative estimate of drug-likeness (QED) is 0.225. The van der Waals surface area contributed by atoms with Crippen LogP contribution >= 0.6 is 11.8 Å². The van der Waals surface area contributed by atoms with E-state index in [1.54, 1.807) is 4.90 Å². The molecule has 4 heterocycles. The number of aromatic amines is 1. The van der Waals surface area contributed by atoms with Gasteiger partial charge in [-0.3, -0.25) is 19.2 Å². The van der Waals surface area contributed by atoms with E-state index in [4.69, 9.17) is 4.98 Å². The first kappa shape index (κ1) is 23.9. The number of carbonyl (C=O) groups is 1. The topological polar surface area (TPSA) is 144 Å². The van der Waals surface area contributed by atoms with Crippen LogP contribution in [0.25, 0.3) is 5.65 Å². The van der Waals surface area contributed by atoms with E-state index in [9.17, 15) is 15.0 Å². The van der Waals surface area contributed by atoms with Gasteiger partial charge in [0, 0.05) is 47.0 Å². The van der Waals surface area contributed by atoms with Gasteiger partial charge in [-0.15, -0.1) is 0 Å². The third kappa shape index (κ3) is 5.47. The molecule has 4 aromatic rings. The molecule has 6 rings (SSSR count). The van der Waals surface area contributed by atoms with Gasteiger partial charge in [-0.1, -0.05) is 0 Å². The monoisotopic (exact) mass is 520 g/mol. The number of carbonyl (C=O) groups excluding carboxylic acids is 1. The highest BCUT2D eigenvalue weighted by molar-refractivity contribution is 7.99. The van der Waals surface area contributed by atoms with Crippen LogP contribution < -0.4 is 10.6 Å². The molecule has 0 spiro atoms. The zero-order chi connectivity index (χ0) is 25.4. The van der Waals surface area contributed by atoms with Crippen molar-refractivity contribution in [2.45, 2.75) is 47.4 Å². The lowest BCUT2D eigenvalue weighted by Crippen LogP contribution is -2.38. The Morgan fingerprint density at radius 2 is 2.03 bits per heavy atom. The second kappa shape index (κ2) is 10.1. The molecule has 37 heavy (non-hydrogen) atoms. The van der Waals surface area contributed by atoms with Crippen LogP contribution in [0.4, 0.5) is 17.5 Å². The number of amides is 1. The third-order valence-corrected chi connectivity index (χ3v) is 7.51. The van der Waals surface area contributed by atoms with E-state index in [0.29, 0.717) is 35.7 Å². The van der Waals surface area contributed by atoms with Gasteiger partial charge in [-0.05, 0) is 67.4 Å². The highest BCUT2D eigenvalue weighted by atomic mass is 32.2. The number of hydrogen-bond acceptors (Lipinski definition) is 9. The van der Waals surface area contributed by atoms with Crippen molar-refractivity contribution in [1.29, 1.82) is 0 Å². The normalized spacial score (nSPS) is 19.9. The molecule has 0 radical (unpaired) electrons. The summed E-state index contributed by atoms with van der Waals surface area (Å²) in [5.41, 5.74) is 2.59. The van der Waals surface area contributed by atoms with E-state index < -0.39 is 6.10 Å². The second-order valence-corrected chi connectivity index (χ2v) is 10.5. The van der Waals surface area contributed by atoms with E-state index in [-0.39, 0.29) is 25.1 Å². The first-order valence-corrected chi connectivity index (χ1v) is 13.1. The summed E-state index contributed by atoms with van der Waals surface area (Å²) in [5.74, 6) is 1.75. The molecule has 5 N–H and O–H groups in total. The summed E-state index contributed by atoms with van der Waals surface area (Å²) >= 11 is 1.43. The first-order valence-electron chi connectivity index (χ1n) is 12.3. The van der Waals surface area contributed by atoms with Crippen LogP contribution in [0, 0.1) is 0 Å². The predicted molar refractivity (Wildman–Crippen MR) is 139 cm³/mol. The summed E-state index contributed by atoms with van der Waals surface area (Å²) in [6.45, 7) is 0.435. The summed E-state index contributed by atoms with van der Waals surface area (Å²) in [6.07, 6.45) is 4.28. The van der Waals surface area contributed by atoms with Gasteiger partial charge in [-0.2, -0.15) is 10.1 Å². The number of β-amino-alcohol motifs (C(OH)–C–C–N with tert-alkyl or cyclic N) is 1. The summed E-state index contributed by atoms with van der Waals surface area (Å²) in [4.78, 5) is 24.6. The number of nitrogens with zero attached hydrogens (tertiary/aromatic N) is 5. The fraction of sp³-hybridized carbons (Fsp3) is 0.360. The highest BCUT2D eigenvalue weighted by Crippen LogP contribution is 2.39. The van der Waals surface area contributed by atoms with Crippen LogP contribution in [-0.4, -0.2) is 77.4 Å². The van der Waals surface area contributed by atoms with Crippen molar-refractivity contribution in [2.75, 3.05) is 30.3 Å². The number of H-pyrrole nitrogens is 1. The predicted octanol–water partition coefficient (Wildman–Crippen LogP) is 2.59. The van der Waals surface area contributed by atoms with Crippen molar-refractivity contribution < 1.29 is 15.0 Å². The number of benzene rings is 1. The van der Waals surface area contributed by atoms with Gasteiger partial charge < -0.3 is 20.8 Å². The molecule has 1 amide bonds. The lowest BCUT2D eigenvalue weighted by Gasteiger charge is -2.21. The molecule has 1 saturated carbocycles. The van der Waals surface area contributed by atoms with Crippen molar-refractivity contribution in [2.24, 2.45) is 0 Å². The summed E-state index contributed by atoms with van der Waals surface area (Å²) in [5, 5.41) is 33.5. The zero-order valence-corrected chi connectivity index (χ0v) is 20.9. The SMILES string of the molecule is O=C(CN1C[C@H](O)C[C@H]1CO)Nc1ccc(Sc2nc(Nc3cc(C4CC4)[nH]n3)n3cccc3n2)cc1. The van der Waals surface area contributed by atoms with E-state index in [1.165, 1.54) is 24.6 Å². The van der Waals surface area contributed by atoms with Crippen molar-refractivity contribution in [1.82, 2.24) is 29.5 Å². The van der Waals surface area contributed by atoms with Gasteiger partial charge in [-0.25, -0.2) is 4.98 Å². The largest absolute Gasteiger partial charge is 0.395 e. The number of rotatable bonds is 9. The fourth-order valence-electron chi connectivity index (χ4n) is 4.60. The molecule has 192 valence electrons. The number of likely N-dealkylation sites (tertiary alicyclic amines) is 1. The van der Waals surface area contributed by atoms with E-state index >= 15 is 0 Å². The van der Waals surface area contributed by atoms with Crippen molar-refractivity contribution in [3.05, 3.63) is 54.4 Å². The molecule has 11 nitrogen and oxygen atoms in total. The highest BCUT2D eigenvalue weighted by Gasteiger charge is 2.31. The number of aliphatic hydroxyl groups excluding tert-OH is 2. The number of nitrogens with one attached hydrogen (secondary N) is 3. The Bertz CT molecular complexity index is 1400. The second-order valence-electron chi connectivity index (χ2n) is 9.50. The minimum atomic E-state index is -0.510. The van der Waals surface area contributed by atoms with E-state index in [1.807, 2.05) is 53.1 Å². The molecule has 1 aromatic carbocycles. The Kier molecular flexibility index (Phi) is 6.55. The minimum Gasteiger partial charge on any atom is -0.395 e. The van der Waals surface area contributed by atoms with Crippen LogP contribution in [0.1, 0.15) is 30.9 Å². The Morgan fingerprint density at radius 1 is 1.19 bits per heavy atom. The molecule has 1 aliphatic carbocycles. The molecule has 0 bridgehead atoms. The Balaban J connectivity index is 1.11. The molecular weight excluding hydrogens is 492 g/mol. The van der Waals surface area contributed by atoms with Crippen LogP contribution in [0.15, 0.2) is 58.7 Å². The summed E-state index contributed by atoms with van der Waals surface area (Å²) in [6, 6.07) is 13.2. The molecule has 2 fully saturated rings. The maximum atomic E-state index is 12.5. The van der Waals surface area contributed by atoms with Crippen molar-refractivity contribution in [3.8, 4) is 0 Å². The molecule has 2 aliphatic rings. The zero-order valence-electron chi connectivity index (χ0n) is 20.0. The summed E-state index contributed by atoms with van der Waals surface area (Å²) in [7, 11) is 0. The fourth-order valence-corrected chi connectivity index (χ4v) is 5.35. The molecule has 3 aromatic heterocycles. The Hall–Kier alpha value is -3.45. The molecular formula is C25H28N8O3S. The maximum Gasteiger partial charge on any atom is 0.238 e. The van der Waals surface area contributed by atoms with E-state index in [0.717, 1.165) is 22.1 Å². The lowest BCUT2D eigenvalue weighted by molar-refractivity contribution is -0.117. The molecule has 0 unspecified atom stereocenters. The van der Waals surface area contributed by atoms with Gasteiger partial charge in [0.15, 0.2) is 11.0 Å². The minimum absolute atomic E-state index is 0.0756. The van der Waals surface area contributed by atoms with Crippen molar-refractivity contribution >= 4 is 40.8 Å². The van der Waals surface area contributed by atoms with Gasteiger partial charge in [0.05, 0.1) is 19.3 Å². The number of anilines is 3. The van der Waals surface area contributed by atoms with Crippen LogP contribution in [0.5, 0.6) is 0 Å². The van der Waals surface area contributed by atoms with Crippen LogP contribution in [0.2, 0.25) is 0 Å². The number of hydrogen-bond donors (Lipinski definition) is 5. The van der Waals surface area contributed by atoms with Crippen LogP contribution in [-0.2, 0) is 4.79 Å². The maximum absolute atomic E-state index is 12.5. The average molecular weight is 521 g/mol. The molecule has 12 heteroatoms. The standard InChI is InChI=1S/C25H28N8O3S/c34-14-17-10-18(35)12-32(17)13-23(36)26-16-5-7-19(8-6-16)37-25-28-22-2-1-9-33(22)24(29-25)27-21-11-20(30-31-21)15-3-4-15/h1-2,5-9,11,15,17-18,34-35H,3-4,10,12-14H2,(H,26,36)(H2,27,28,29,30,31)/t17-,18+/m0/s1. The first-order chi connectivity index (χ1) is 18.0.